The lowest BCUT2D eigenvalue weighted by molar-refractivity contribution is 0.173. The van der Waals surface area contributed by atoms with Crippen LogP contribution >= 0.6 is 0 Å². The smallest absolute Gasteiger partial charge is 0.231 e. The van der Waals surface area contributed by atoms with Gasteiger partial charge in [-0.1, -0.05) is 6.92 Å². The molecule has 0 saturated carbocycles. The van der Waals surface area contributed by atoms with Crippen molar-refractivity contribution in [2.45, 2.75) is 20.0 Å². The van der Waals surface area contributed by atoms with Gasteiger partial charge < -0.3 is 24.1 Å². The maximum atomic E-state index is 5.91. The van der Waals surface area contributed by atoms with Crippen LogP contribution in [-0.2, 0) is 13.1 Å². The predicted octanol–water partition coefficient (Wildman–Crippen LogP) is 1.80. The quantitative estimate of drug-likeness (QED) is 0.842. The van der Waals surface area contributed by atoms with Gasteiger partial charge in [0, 0.05) is 30.6 Å². The van der Waals surface area contributed by atoms with Gasteiger partial charge in [0.05, 0.1) is 12.9 Å². The molecule has 1 aromatic carbocycles. The maximum absolute atomic E-state index is 5.91. The van der Waals surface area contributed by atoms with Gasteiger partial charge in [0.2, 0.25) is 6.79 Å². The molecule has 0 saturated heterocycles. The summed E-state index contributed by atoms with van der Waals surface area (Å²) in [6, 6.07) is 3.89. The molecule has 0 radical (unpaired) electrons. The summed E-state index contributed by atoms with van der Waals surface area (Å²) in [5.74, 6) is 2.36. The molecule has 3 rings (SSSR count). The van der Waals surface area contributed by atoms with Crippen LogP contribution < -0.4 is 19.5 Å². The lowest BCUT2D eigenvalue weighted by atomic mass is 10.1. The Labute approximate surface area is 123 Å². The Morgan fingerprint density at radius 3 is 2.95 bits per heavy atom. The van der Waals surface area contributed by atoms with Crippen molar-refractivity contribution in [2.24, 2.45) is 0 Å². The van der Waals surface area contributed by atoms with E-state index >= 15 is 0 Å². The zero-order valence-electron chi connectivity index (χ0n) is 12.0. The summed E-state index contributed by atoms with van der Waals surface area (Å²) in [7, 11) is 0. The van der Waals surface area contributed by atoms with Crippen molar-refractivity contribution in [1.82, 2.24) is 14.9 Å². The number of imidazole rings is 1. The first-order valence-corrected chi connectivity index (χ1v) is 7.08. The van der Waals surface area contributed by atoms with Gasteiger partial charge >= 0.3 is 0 Å². The highest BCUT2D eigenvalue weighted by Gasteiger charge is 2.17. The Bertz CT molecular complexity index is 584. The van der Waals surface area contributed by atoms with Gasteiger partial charge in [0.1, 0.15) is 12.4 Å². The van der Waals surface area contributed by atoms with E-state index in [9.17, 15) is 0 Å². The standard InChI is InChI=1S/C15H19N3O3/c1-2-16-9-12-7-14-15(21-11-20-14)8-13(12)19-6-5-18-4-3-17-10-18/h3-4,7-8,10,16H,2,5-6,9,11H2,1H3. The molecule has 1 aliphatic rings. The lowest BCUT2D eigenvalue weighted by Crippen LogP contribution is -2.14. The van der Waals surface area contributed by atoms with Crippen LogP contribution in [-0.4, -0.2) is 29.5 Å². The molecule has 112 valence electrons. The Kier molecular flexibility index (Phi) is 4.25. The number of hydrogen-bond acceptors (Lipinski definition) is 5. The van der Waals surface area contributed by atoms with E-state index in [1.165, 1.54) is 0 Å². The molecule has 6 nitrogen and oxygen atoms in total. The van der Waals surface area contributed by atoms with Crippen LogP contribution in [0, 0.1) is 0 Å². The molecule has 1 aromatic heterocycles. The van der Waals surface area contributed by atoms with E-state index in [0.29, 0.717) is 6.61 Å². The monoisotopic (exact) mass is 289 g/mol. The van der Waals surface area contributed by atoms with Gasteiger partial charge in [-0.3, -0.25) is 0 Å². The van der Waals surface area contributed by atoms with Gasteiger partial charge in [-0.05, 0) is 12.6 Å². The fourth-order valence-corrected chi connectivity index (χ4v) is 2.18. The predicted molar refractivity (Wildman–Crippen MR) is 77.7 cm³/mol. The molecule has 21 heavy (non-hydrogen) atoms. The highest BCUT2D eigenvalue weighted by molar-refractivity contribution is 5.51. The van der Waals surface area contributed by atoms with Gasteiger partial charge in [0.25, 0.3) is 0 Å². The number of rotatable bonds is 7. The van der Waals surface area contributed by atoms with E-state index in [-0.39, 0.29) is 6.79 Å². The molecule has 1 aliphatic heterocycles. The van der Waals surface area contributed by atoms with Crippen LogP contribution in [0.5, 0.6) is 17.2 Å². The summed E-state index contributed by atoms with van der Waals surface area (Å²) >= 11 is 0. The first-order valence-electron chi connectivity index (χ1n) is 7.08. The number of hydrogen-bond donors (Lipinski definition) is 1. The summed E-state index contributed by atoms with van der Waals surface area (Å²) in [5, 5.41) is 3.31. The number of ether oxygens (including phenoxy) is 3. The fourth-order valence-electron chi connectivity index (χ4n) is 2.18. The zero-order chi connectivity index (χ0) is 14.5. The van der Waals surface area contributed by atoms with E-state index in [4.69, 9.17) is 14.2 Å². The third kappa shape index (κ3) is 3.28. The number of aromatic nitrogens is 2. The van der Waals surface area contributed by atoms with Crippen molar-refractivity contribution in [1.29, 1.82) is 0 Å². The van der Waals surface area contributed by atoms with Crippen molar-refractivity contribution >= 4 is 0 Å². The molecule has 0 unspecified atom stereocenters. The van der Waals surface area contributed by atoms with Crippen LogP contribution in [0.1, 0.15) is 12.5 Å². The molecular formula is C15H19N3O3. The Morgan fingerprint density at radius 1 is 1.33 bits per heavy atom. The molecule has 0 bridgehead atoms. The molecule has 2 aromatic rings. The van der Waals surface area contributed by atoms with E-state index in [2.05, 4.69) is 17.2 Å². The Morgan fingerprint density at radius 2 is 2.19 bits per heavy atom. The number of fused-ring (bicyclic) bond motifs is 1. The second-order valence-corrected chi connectivity index (χ2v) is 4.74. The Hall–Kier alpha value is -2.21. The first kappa shape index (κ1) is 13.8. The lowest BCUT2D eigenvalue weighted by Gasteiger charge is -2.13. The SMILES string of the molecule is CCNCc1cc2c(cc1OCCn1ccnc1)OCO2. The van der Waals surface area contributed by atoms with E-state index in [0.717, 1.165) is 42.4 Å². The minimum Gasteiger partial charge on any atom is -0.491 e. The molecule has 0 aliphatic carbocycles. The minimum absolute atomic E-state index is 0.272. The summed E-state index contributed by atoms with van der Waals surface area (Å²) in [6.07, 6.45) is 5.46. The average Bonchev–Trinajstić information content (AvgIpc) is 3.15. The van der Waals surface area contributed by atoms with Crippen LogP contribution in [0.25, 0.3) is 0 Å². The molecular weight excluding hydrogens is 270 g/mol. The number of nitrogens with one attached hydrogen (secondary N) is 1. The largest absolute Gasteiger partial charge is 0.491 e. The third-order valence-corrected chi connectivity index (χ3v) is 3.29. The normalized spacial score (nSPS) is 12.6. The van der Waals surface area contributed by atoms with Crippen molar-refractivity contribution < 1.29 is 14.2 Å². The molecule has 0 atom stereocenters. The molecule has 0 fully saturated rings. The van der Waals surface area contributed by atoms with Gasteiger partial charge in [-0.2, -0.15) is 0 Å². The highest BCUT2D eigenvalue weighted by atomic mass is 16.7. The van der Waals surface area contributed by atoms with Crippen molar-refractivity contribution in [3.8, 4) is 17.2 Å². The first-order chi connectivity index (χ1) is 10.4. The molecule has 0 spiro atoms. The summed E-state index contributed by atoms with van der Waals surface area (Å²) in [6.45, 7) is 5.34. The third-order valence-electron chi connectivity index (χ3n) is 3.29. The summed E-state index contributed by atoms with van der Waals surface area (Å²) < 4.78 is 18.7. The highest BCUT2D eigenvalue weighted by Crippen LogP contribution is 2.38. The molecule has 6 heteroatoms. The fraction of sp³-hybridized carbons (Fsp3) is 0.400. The second kappa shape index (κ2) is 6.49. The minimum atomic E-state index is 0.272. The van der Waals surface area contributed by atoms with Crippen LogP contribution in [0.3, 0.4) is 0 Å². The molecule has 2 heterocycles. The Balaban J connectivity index is 1.69. The van der Waals surface area contributed by atoms with Crippen LogP contribution in [0.2, 0.25) is 0 Å². The van der Waals surface area contributed by atoms with Crippen LogP contribution in [0.4, 0.5) is 0 Å². The molecule has 1 N–H and O–H groups in total. The second-order valence-electron chi connectivity index (χ2n) is 4.74. The number of nitrogens with zero attached hydrogens (tertiary/aromatic N) is 2. The summed E-state index contributed by atoms with van der Waals surface area (Å²) in [5.41, 5.74) is 1.08. The maximum Gasteiger partial charge on any atom is 0.231 e. The van der Waals surface area contributed by atoms with Gasteiger partial charge in [-0.15, -0.1) is 0 Å². The molecule has 0 amide bonds. The topological polar surface area (TPSA) is 57.5 Å². The van der Waals surface area contributed by atoms with Crippen molar-refractivity contribution in [2.75, 3.05) is 19.9 Å². The van der Waals surface area contributed by atoms with Gasteiger partial charge in [0.15, 0.2) is 11.5 Å². The van der Waals surface area contributed by atoms with E-state index < -0.39 is 0 Å². The summed E-state index contributed by atoms with van der Waals surface area (Å²) in [4.78, 5) is 4.01. The van der Waals surface area contributed by atoms with Crippen LogP contribution in [0.15, 0.2) is 30.9 Å². The van der Waals surface area contributed by atoms with Gasteiger partial charge in [-0.25, -0.2) is 4.98 Å². The van der Waals surface area contributed by atoms with Crippen molar-refractivity contribution in [3.63, 3.8) is 0 Å². The van der Waals surface area contributed by atoms with Crippen molar-refractivity contribution in [3.05, 3.63) is 36.4 Å². The van der Waals surface area contributed by atoms with E-state index in [1.54, 1.807) is 12.5 Å². The van der Waals surface area contributed by atoms with E-state index in [1.807, 2.05) is 22.9 Å². The zero-order valence-corrected chi connectivity index (χ0v) is 12.0. The number of benzene rings is 1. The average molecular weight is 289 g/mol.